The van der Waals surface area contributed by atoms with E-state index >= 15 is 0 Å². The topological polar surface area (TPSA) is 114 Å². The van der Waals surface area contributed by atoms with E-state index in [1.807, 2.05) is 33.8 Å². The number of rotatable bonds is 13. The molecule has 8 nitrogen and oxygen atoms in total. The van der Waals surface area contributed by atoms with Crippen LogP contribution < -0.4 is 20.7 Å². The highest BCUT2D eigenvalue weighted by atomic mass is 16.5. The molecule has 0 spiro atoms. The molecule has 8 heteroatoms. The third-order valence-corrected chi connectivity index (χ3v) is 7.85. The molecule has 3 rings (SSSR count). The first kappa shape index (κ1) is 30.6. The Kier molecular flexibility index (Phi) is 11.4. The predicted molar refractivity (Wildman–Crippen MR) is 152 cm³/mol. The second-order valence-corrected chi connectivity index (χ2v) is 12.2. The van der Waals surface area contributed by atoms with E-state index in [2.05, 4.69) is 16.0 Å². The van der Waals surface area contributed by atoms with Crippen molar-refractivity contribution in [3.05, 3.63) is 29.3 Å². The highest BCUT2D eigenvalue weighted by molar-refractivity contribution is 6.02. The van der Waals surface area contributed by atoms with Crippen LogP contribution in [0.15, 0.2) is 18.2 Å². The molecule has 1 aromatic rings. The summed E-state index contributed by atoms with van der Waals surface area (Å²) in [5.74, 6) is 0.470. The van der Waals surface area contributed by atoms with Gasteiger partial charge in [0.1, 0.15) is 17.8 Å². The van der Waals surface area contributed by atoms with E-state index < -0.39 is 12.1 Å². The first-order chi connectivity index (χ1) is 18.6. The molecule has 0 heterocycles. The van der Waals surface area contributed by atoms with Gasteiger partial charge in [0.15, 0.2) is 5.78 Å². The van der Waals surface area contributed by atoms with Gasteiger partial charge < -0.3 is 20.7 Å². The number of Topliss-reactive ketones (excluding diaryl/α,β-unsaturated/α-hetero) is 1. The molecule has 1 aromatic carbocycles. The third kappa shape index (κ3) is 9.07. The summed E-state index contributed by atoms with van der Waals surface area (Å²) in [7, 11) is 1.57. The number of fused-ring (bicyclic) bond motifs is 1. The first-order valence-corrected chi connectivity index (χ1v) is 14.7. The molecule has 3 N–H and O–H groups in total. The predicted octanol–water partition coefficient (Wildman–Crippen LogP) is 4.51. The van der Waals surface area contributed by atoms with Crippen LogP contribution in [0.3, 0.4) is 0 Å². The van der Waals surface area contributed by atoms with Crippen LogP contribution in [-0.2, 0) is 14.4 Å². The SMILES string of the molecule is COc1ccc2c(c1)C(CC(=O)N[C@@H](CC(C)C)C(=O)N[C@H](CC(C)C)C(=O)NCC1CCCCC1)CC2=O. The summed E-state index contributed by atoms with van der Waals surface area (Å²) >= 11 is 0. The van der Waals surface area contributed by atoms with Crippen LogP contribution in [0.2, 0.25) is 0 Å². The molecule has 0 aliphatic heterocycles. The standard InChI is InChI=1S/C31H47N3O5/c1-19(2)13-26(30(37)32-18-21-9-7-6-8-10-21)34-31(38)27(14-20(3)4)33-29(36)16-22-15-28(35)24-12-11-23(39-5)17-25(22)24/h11-12,17,19-22,26-27H,6-10,13-16,18H2,1-5H3,(H,32,37)(H,33,36)(H,34,38)/t22?,26-,27+/m1/s1. The molecule has 0 saturated heterocycles. The van der Waals surface area contributed by atoms with Crippen molar-refractivity contribution in [3.63, 3.8) is 0 Å². The molecule has 39 heavy (non-hydrogen) atoms. The molecule has 216 valence electrons. The van der Waals surface area contributed by atoms with Crippen molar-refractivity contribution in [2.24, 2.45) is 17.8 Å². The first-order valence-electron chi connectivity index (χ1n) is 14.7. The van der Waals surface area contributed by atoms with Crippen LogP contribution in [0.1, 0.15) is 107 Å². The zero-order chi connectivity index (χ0) is 28.5. The van der Waals surface area contributed by atoms with Crippen LogP contribution in [-0.4, -0.2) is 49.2 Å². The summed E-state index contributed by atoms with van der Waals surface area (Å²) in [5, 5.41) is 8.92. The van der Waals surface area contributed by atoms with Crippen molar-refractivity contribution >= 4 is 23.5 Å². The molecule has 3 atom stereocenters. The van der Waals surface area contributed by atoms with E-state index in [9.17, 15) is 19.2 Å². The number of nitrogens with one attached hydrogen (secondary N) is 3. The summed E-state index contributed by atoms with van der Waals surface area (Å²) in [5.41, 5.74) is 1.44. The number of amides is 3. The van der Waals surface area contributed by atoms with Crippen molar-refractivity contribution in [2.75, 3.05) is 13.7 Å². The molecule has 1 fully saturated rings. The second kappa shape index (κ2) is 14.5. The van der Waals surface area contributed by atoms with E-state index in [1.165, 1.54) is 19.3 Å². The number of ketones is 1. The average Bonchev–Trinajstić information content (AvgIpc) is 3.20. The van der Waals surface area contributed by atoms with E-state index in [4.69, 9.17) is 4.74 Å². The van der Waals surface area contributed by atoms with Crippen molar-refractivity contribution in [1.82, 2.24) is 16.0 Å². The average molecular weight is 542 g/mol. The van der Waals surface area contributed by atoms with E-state index in [0.717, 1.165) is 18.4 Å². The zero-order valence-electron chi connectivity index (χ0n) is 24.3. The fraction of sp³-hybridized carbons (Fsp3) is 0.677. The lowest BCUT2D eigenvalue weighted by Crippen LogP contribution is -2.54. The monoisotopic (exact) mass is 541 g/mol. The highest BCUT2D eigenvalue weighted by Gasteiger charge is 2.33. The lowest BCUT2D eigenvalue weighted by atomic mass is 9.89. The summed E-state index contributed by atoms with van der Waals surface area (Å²) in [4.78, 5) is 52.1. The van der Waals surface area contributed by atoms with Crippen LogP contribution in [0.25, 0.3) is 0 Å². The molecule has 3 amide bonds. The van der Waals surface area contributed by atoms with Crippen LogP contribution in [0, 0.1) is 17.8 Å². The summed E-state index contributed by atoms with van der Waals surface area (Å²) in [6.07, 6.45) is 7.27. The molecular formula is C31H47N3O5. The summed E-state index contributed by atoms with van der Waals surface area (Å²) < 4.78 is 5.31. The van der Waals surface area contributed by atoms with Crippen molar-refractivity contribution in [2.45, 2.75) is 103 Å². The molecule has 1 saturated carbocycles. The Labute approximate surface area is 233 Å². The minimum atomic E-state index is -0.764. The fourth-order valence-electron chi connectivity index (χ4n) is 5.80. The molecule has 1 unspecified atom stereocenters. The van der Waals surface area contributed by atoms with Crippen molar-refractivity contribution in [1.29, 1.82) is 0 Å². The Bertz CT molecular complexity index is 1020. The van der Waals surface area contributed by atoms with Crippen molar-refractivity contribution < 1.29 is 23.9 Å². The maximum absolute atomic E-state index is 13.4. The Morgan fingerprint density at radius 1 is 0.923 bits per heavy atom. The quantitative estimate of drug-likeness (QED) is 0.340. The van der Waals surface area contributed by atoms with Gasteiger partial charge >= 0.3 is 0 Å². The number of benzene rings is 1. The van der Waals surface area contributed by atoms with Crippen LogP contribution >= 0.6 is 0 Å². The maximum atomic E-state index is 13.4. The lowest BCUT2D eigenvalue weighted by Gasteiger charge is -2.27. The Morgan fingerprint density at radius 3 is 2.18 bits per heavy atom. The lowest BCUT2D eigenvalue weighted by molar-refractivity contribution is -0.132. The number of methoxy groups -OCH3 is 1. The van der Waals surface area contributed by atoms with Gasteiger partial charge in [-0.1, -0.05) is 47.0 Å². The normalized spacial score (nSPS) is 18.9. The number of hydrogen-bond acceptors (Lipinski definition) is 5. The summed E-state index contributed by atoms with van der Waals surface area (Å²) in [6.45, 7) is 8.68. The van der Waals surface area contributed by atoms with Gasteiger partial charge in [-0.25, -0.2) is 0 Å². The van der Waals surface area contributed by atoms with E-state index in [0.29, 0.717) is 36.6 Å². The smallest absolute Gasteiger partial charge is 0.243 e. The van der Waals surface area contributed by atoms with Gasteiger partial charge in [-0.15, -0.1) is 0 Å². The van der Waals surface area contributed by atoms with Gasteiger partial charge in [-0.2, -0.15) is 0 Å². The third-order valence-electron chi connectivity index (χ3n) is 7.85. The minimum Gasteiger partial charge on any atom is -0.497 e. The Hall–Kier alpha value is -2.90. The molecule has 2 aliphatic carbocycles. The summed E-state index contributed by atoms with van der Waals surface area (Å²) in [6, 6.07) is 3.90. The van der Waals surface area contributed by atoms with Crippen molar-refractivity contribution in [3.8, 4) is 5.75 Å². The van der Waals surface area contributed by atoms with Gasteiger partial charge in [0, 0.05) is 30.9 Å². The van der Waals surface area contributed by atoms with Gasteiger partial charge in [0.25, 0.3) is 0 Å². The van der Waals surface area contributed by atoms with Gasteiger partial charge in [-0.05, 0) is 67.2 Å². The van der Waals surface area contributed by atoms with E-state index in [1.54, 1.807) is 19.2 Å². The Balaban J connectivity index is 1.63. The largest absolute Gasteiger partial charge is 0.497 e. The second-order valence-electron chi connectivity index (χ2n) is 12.2. The number of hydrogen-bond donors (Lipinski definition) is 3. The van der Waals surface area contributed by atoms with Gasteiger partial charge in [-0.3, -0.25) is 19.2 Å². The minimum absolute atomic E-state index is 0.0118. The van der Waals surface area contributed by atoms with E-state index in [-0.39, 0.29) is 54.1 Å². The van der Waals surface area contributed by atoms with Crippen LogP contribution in [0.4, 0.5) is 0 Å². The number of carbonyl (C=O) groups is 4. The van der Waals surface area contributed by atoms with Crippen LogP contribution in [0.5, 0.6) is 5.75 Å². The molecule has 2 aliphatic rings. The molecule has 0 bridgehead atoms. The maximum Gasteiger partial charge on any atom is 0.243 e. The van der Waals surface area contributed by atoms with Gasteiger partial charge in [0.2, 0.25) is 17.7 Å². The van der Waals surface area contributed by atoms with Gasteiger partial charge in [0.05, 0.1) is 7.11 Å². The molecule has 0 aromatic heterocycles. The molecular weight excluding hydrogens is 494 g/mol. The molecule has 0 radical (unpaired) electrons. The highest BCUT2D eigenvalue weighted by Crippen LogP contribution is 2.37. The fourth-order valence-corrected chi connectivity index (χ4v) is 5.80. The number of carbonyl (C=O) groups excluding carboxylic acids is 4. The Morgan fingerprint density at radius 2 is 1.56 bits per heavy atom. The number of ether oxygens (including phenoxy) is 1. The zero-order valence-corrected chi connectivity index (χ0v) is 24.3.